The highest BCUT2D eigenvalue weighted by Gasteiger charge is 2.21. The van der Waals surface area contributed by atoms with E-state index in [1.165, 1.54) is 46.2 Å². The summed E-state index contributed by atoms with van der Waals surface area (Å²) in [6.45, 7) is 4.26. The second-order valence-electron chi connectivity index (χ2n) is 6.45. The van der Waals surface area contributed by atoms with Gasteiger partial charge in [-0.2, -0.15) is 0 Å². The highest BCUT2D eigenvalue weighted by atomic mass is 32.2. The number of nitrogens with one attached hydrogen (secondary N) is 1. The number of nitrogens with zero attached hydrogens (tertiary/aromatic N) is 2. The molecule has 3 nitrogen and oxygen atoms in total. The SMILES string of the molecule is CSc1nc(Nc2cc(C)cc(C)c2)c2c3c(sc2n1)CCCC3. The summed E-state index contributed by atoms with van der Waals surface area (Å²) in [6.07, 6.45) is 6.94. The Morgan fingerprint density at radius 3 is 2.54 bits per heavy atom. The molecular formula is C19H21N3S2. The second kappa shape index (κ2) is 6.37. The van der Waals surface area contributed by atoms with E-state index in [0.717, 1.165) is 27.9 Å². The number of fused-ring (bicyclic) bond motifs is 3. The predicted octanol–water partition coefficient (Wildman–Crippen LogP) is 5.65. The van der Waals surface area contributed by atoms with Gasteiger partial charge < -0.3 is 5.32 Å². The monoisotopic (exact) mass is 355 g/mol. The van der Waals surface area contributed by atoms with Gasteiger partial charge in [-0.25, -0.2) is 9.97 Å². The number of hydrogen-bond acceptors (Lipinski definition) is 5. The summed E-state index contributed by atoms with van der Waals surface area (Å²) >= 11 is 3.46. The van der Waals surface area contributed by atoms with Crippen LogP contribution < -0.4 is 5.32 Å². The van der Waals surface area contributed by atoms with Crippen molar-refractivity contribution in [3.8, 4) is 0 Å². The van der Waals surface area contributed by atoms with Crippen LogP contribution in [0.4, 0.5) is 11.5 Å². The Hall–Kier alpha value is -1.59. The molecule has 1 aromatic carbocycles. The van der Waals surface area contributed by atoms with Gasteiger partial charge in [0.2, 0.25) is 0 Å². The van der Waals surface area contributed by atoms with Crippen molar-refractivity contribution in [3.63, 3.8) is 0 Å². The minimum absolute atomic E-state index is 0.841. The zero-order chi connectivity index (χ0) is 16.7. The van der Waals surface area contributed by atoms with Crippen LogP contribution in [0.25, 0.3) is 10.2 Å². The molecule has 0 spiro atoms. The molecule has 0 atom stereocenters. The Balaban J connectivity index is 1.87. The number of thiophene rings is 1. The number of anilines is 2. The zero-order valence-corrected chi connectivity index (χ0v) is 15.9. The molecule has 2 heterocycles. The van der Waals surface area contributed by atoms with Gasteiger partial charge in [0.25, 0.3) is 0 Å². The smallest absolute Gasteiger partial charge is 0.190 e. The molecule has 3 aromatic rings. The van der Waals surface area contributed by atoms with Crippen LogP contribution >= 0.6 is 23.1 Å². The molecule has 0 aliphatic heterocycles. The first-order valence-corrected chi connectivity index (χ1v) is 10.4. The van der Waals surface area contributed by atoms with Crippen LogP contribution in [0.2, 0.25) is 0 Å². The van der Waals surface area contributed by atoms with Gasteiger partial charge in [0.1, 0.15) is 10.6 Å². The van der Waals surface area contributed by atoms with Crippen molar-refractivity contribution in [2.75, 3.05) is 11.6 Å². The summed E-state index contributed by atoms with van der Waals surface area (Å²) < 4.78 is 0. The van der Waals surface area contributed by atoms with Gasteiger partial charge in [-0.15, -0.1) is 11.3 Å². The number of aromatic nitrogens is 2. The van der Waals surface area contributed by atoms with Crippen LogP contribution in [0.1, 0.15) is 34.4 Å². The van der Waals surface area contributed by atoms with E-state index in [9.17, 15) is 0 Å². The van der Waals surface area contributed by atoms with E-state index in [2.05, 4.69) is 37.4 Å². The quantitative estimate of drug-likeness (QED) is 0.486. The molecule has 0 unspecified atom stereocenters. The van der Waals surface area contributed by atoms with Crippen molar-refractivity contribution in [2.24, 2.45) is 0 Å². The van der Waals surface area contributed by atoms with Crippen molar-refractivity contribution < 1.29 is 0 Å². The standard InChI is InChI=1S/C19H21N3S2/c1-11-8-12(2)10-13(9-11)20-17-16-14-6-4-5-7-15(14)24-18(16)22-19(21-17)23-3/h8-10H,4-7H2,1-3H3,(H,20,21,22). The summed E-state index contributed by atoms with van der Waals surface area (Å²) in [7, 11) is 0. The molecule has 1 aliphatic carbocycles. The maximum Gasteiger partial charge on any atom is 0.190 e. The summed E-state index contributed by atoms with van der Waals surface area (Å²) in [4.78, 5) is 12.2. The van der Waals surface area contributed by atoms with Gasteiger partial charge in [0.15, 0.2) is 5.16 Å². The summed E-state index contributed by atoms with van der Waals surface area (Å²) in [5.74, 6) is 0.966. The normalized spacial score (nSPS) is 14.0. The molecule has 2 aromatic heterocycles. The Bertz CT molecular complexity index is 894. The van der Waals surface area contributed by atoms with Crippen molar-refractivity contribution in [1.82, 2.24) is 9.97 Å². The molecule has 4 rings (SSSR count). The average molecular weight is 356 g/mol. The van der Waals surface area contributed by atoms with Crippen molar-refractivity contribution in [1.29, 1.82) is 0 Å². The van der Waals surface area contributed by atoms with Crippen molar-refractivity contribution in [2.45, 2.75) is 44.7 Å². The van der Waals surface area contributed by atoms with Crippen LogP contribution in [0.5, 0.6) is 0 Å². The predicted molar refractivity (Wildman–Crippen MR) is 105 cm³/mol. The first-order valence-electron chi connectivity index (χ1n) is 8.35. The maximum absolute atomic E-state index is 4.80. The van der Waals surface area contributed by atoms with E-state index in [1.54, 1.807) is 11.8 Å². The van der Waals surface area contributed by atoms with Gasteiger partial charge in [0.05, 0.1) is 5.39 Å². The van der Waals surface area contributed by atoms with E-state index < -0.39 is 0 Å². The number of hydrogen-bond donors (Lipinski definition) is 1. The van der Waals surface area contributed by atoms with Crippen LogP contribution in [0, 0.1) is 13.8 Å². The number of benzene rings is 1. The van der Waals surface area contributed by atoms with Crippen LogP contribution in [-0.4, -0.2) is 16.2 Å². The largest absolute Gasteiger partial charge is 0.340 e. The summed E-state index contributed by atoms with van der Waals surface area (Å²) in [5.41, 5.74) is 5.11. The Labute approximate surface area is 150 Å². The van der Waals surface area contributed by atoms with Gasteiger partial charge in [0, 0.05) is 10.6 Å². The Morgan fingerprint density at radius 1 is 1.04 bits per heavy atom. The number of thioether (sulfide) groups is 1. The lowest BCUT2D eigenvalue weighted by molar-refractivity contribution is 0.700. The number of rotatable bonds is 3. The Morgan fingerprint density at radius 2 is 1.79 bits per heavy atom. The second-order valence-corrected chi connectivity index (χ2v) is 8.31. The minimum Gasteiger partial charge on any atom is -0.340 e. The molecule has 0 saturated carbocycles. The third-order valence-electron chi connectivity index (χ3n) is 4.46. The molecule has 0 fully saturated rings. The average Bonchev–Trinajstić information content (AvgIpc) is 2.92. The first-order chi connectivity index (χ1) is 11.6. The molecule has 1 aliphatic rings. The van der Waals surface area contributed by atoms with Crippen LogP contribution in [0.3, 0.4) is 0 Å². The van der Waals surface area contributed by atoms with E-state index in [-0.39, 0.29) is 0 Å². The lowest BCUT2D eigenvalue weighted by atomic mass is 9.97. The molecule has 1 N–H and O–H groups in total. The van der Waals surface area contributed by atoms with Crippen molar-refractivity contribution in [3.05, 3.63) is 39.8 Å². The van der Waals surface area contributed by atoms with Crippen molar-refractivity contribution >= 4 is 44.8 Å². The minimum atomic E-state index is 0.841. The topological polar surface area (TPSA) is 37.8 Å². The lowest BCUT2D eigenvalue weighted by Gasteiger charge is -2.13. The van der Waals surface area contributed by atoms with E-state index in [0.29, 0.717) is 0 Å². The highest BCUT2D eigenvalue weighted by Crippen LogP contribution is 2.40. The fourth-order valence-electron chi connectivity index (χ4n) is 3.50. The third kappa shape index (κ3) is 2.91. The molecule has 124 valence electrons. The van der Waals surface area contributed by atoms with Gasteiger partial charge in [-0.1, -0.05) is 17.8 Å². The number of aryl methyl sites for hydroxylation is 4. The molecule has 24 heavy (non-hydrogen) atoms. The fourth-order valence-corrected chi connectivity index (χ4v) is 5.19. The fraction of sp³-hybridized carbons (Fsp3) is 0.368. The molecule has 0 amide bonds. The molecule has 0 bridgehead atoms. The van der Waals surface area contributed by atoms with Gasteiger partial charge in [-0.3, -0.25) is 0 Å². The van der Waals surface area contributed by atoms with E-state index >= 15 is 0 Å². The Kier molecular flexibility index (Phi) is 4.22. The third-order valence-corrected chi connectivity index (χ3v) is 6.19. The molecule has 5 heteroatoms. The zero-order valence-electron chi connectivity index (χ0n) is 14.3. The molecular weight excluding hydrogens is 334 g/mol. The van der Waals surface area contributed by atoms with E-state index in [1.807, 2.05) is 17.6 Å². The lowest BCUT2D eigenvalue weighted by Crippen LogP contribution is -2.02. The molecule has 0 radical (unpaired) electrons. The maximum atomic E-state index is 4.80. The van der Waals surface area contributed by atoms with Crippen LogP contribution in [0.15, 0.2) is 23.4 Å². The van der Waals surface area contributed by atoms with Crippen LogP contribution in [-0.2, 0) is 12.8 Å². The molecule has 0 saturated heterocycles. The van der Waals surface area contributed by atoms with Gasteiger partial charge >= 0.3 is 0 Å². The first kappa shape index (κ1) is 15.9. The summed E-state index contributed by atoms with van der Waals surface area (Å²) in [6, 6.07) is 6.55. The summed E-state index contributed by atoms with van der Waals surface area (Å²) in [5, 5.41) is 5.66. The highest BCUT2D eigenvalue weighted by molar-refractivity contribution is 7.98. The van der Waals surface area contributed by atoms with E-state index in [4.69, 9.17) is 9.97 Å². The van der Waals surface area contributed by atoms with Gasteiger partial charge in [-0.05, 0) is 74.6 Å².